The Labute approximate surface area is 63.5 Å². The van der Waals surface area contributed by atoms with Gasteiger partial charge in [-0.2, -0.15) is 0 Å². The van der Waals surface area contributed by atoms with E-state index in [1.54, 1.807) is 6.07 Å². The van der Waals surface area contributed by atoms with Crippen LogP contribution in [-0.4, -0.2) is 4.98 Å². The van der Waals surface area contributed by atoms with Gasteiger partial charge in [-0.25, -0.2) is 0 Å². The lowest BCUT2D eigenvalue weighted by Gasteiger charge is -1.91. The van der Waals surface area contributed by atoms with Crippen LogP contribution in [0, 0.1) is 12.3 Å². The first-order chi connectivity index (χ1) is 5.38. The molecule has 2 heteroatoms. The molecule has 11 heavy (non-hydrogen) atoms. The summed E-state index contributed by atoms with van der Waals surface area (Å²) in [6, 6.07) is 9.73. The third-order valence-corrected chi connectivity index (χ3v) is 1.54. The normalized spacial score (nSPS) is 10.2. The van der Waals surface area contributed by atoms with E-state index in [2.05, 4.69) is 17.2 Å². The predicted octanol–water partition coefficient (Wildman–Crippen LogP) is 1.13. The van der Waals surface area contributed by atoms with E-state index in [1.807, 2.05) is 18.2 Å². The van der Waals surface area contributed by atoms with Crippen molar-refractivity contribution >= 4 is 10.9 Å². The molecule has 1 heterocycles. The maximum atomic E-state index is 11.1. The highest BCUT2D eigenvalue weighted by atomic mass is 16.1. The van der Waals surface area contributed by atoms with Crippen molar-refractivity contribution in [3.63, 3.8) is 0 Å². The molecule has 0 saturated heterocycles. The molecule has 0 saturated carbocycles. The van der Waals surface area contributed by atoms with Crippen LogP contribution < -0.4 is 5.43 Å². The van der Waals surface area contributed by atoms with Crippen molar-refractivity contribution in [1.82, 2.24) is 4.98 Å². The Hall–Kier alpha value is -1.57. The highest BCUT2D eigenvalue weighted by molar-refractivity contribution is 5.77. The van der Waals surface area contributed by atoms with E-state index in [4.69, 9.17) is 0 Å². The van der Waals surface area contributed by atoms with Crippen LogP contribution in [0.3, 0.4) is 0 Å². The maximum Gasteiger partial charge on any atom is 0.198 e. The van der Waals surface area contributed by atoms with Gasteiger partial charge in [0.05, 0.1) is 12.3 Å². The average Bonchev–Trinajstić information content (AvgIpc) is 2.06. The van der Waals surface area contributed by atoms with Gasteiger partial charge in [-0.1, -0.05) is 12.1 Å². The molecule has 1 aromatic carbocycles. The molecule has 52 valence electrons. The van der Waals surface area contributed by atoms with Crippen LogP contribution in [0.4, 0.5) is 0 Å². The van der Waals surface area contributed by atoms with E-state index in [-0.39, 0.29) is 5.43 Å². The number of aromatic nitrogens is 1. The standard InChI is InChI=1S/C9H5NO/c11-9-5-6-10-8-4-2-1-3-7(8)9/h1-4H,(H,10,11). The van der Waals surface area contributed by atoms with Gasteiger partial charge in [0.25, 0.3) is 0 Å². The van der Waals surface area contributed by atoms with Gasteiger partial charge < -0.3 is 4.98 Å². The minimum atomic E-state index is -0.112. The van der Waals surface area contributed by atoms with Crippen LogP contribution in [0.15, 0.2) is 29.1 Å². The molecule has 2 rings (SSSR count). The van der Waals surface area contributed by atoms with E-state index in [0.29, 0.717) is 5.39 Å². The molecule has 1 aromatic heterocycles. The second-order valence-corrected chi connectivity index (χ2v) is 2.25. The number of pyridine rings is 1. The van der Waals surface area contributed by atoms with Crippen LogP contribution in [0.2, 0.25) is 0 Å². The van der Waals surface area contributed by atoms with Gasteiger partial charge in [0.1, 0.15) is 0 Å². The largest absolute Gasteiger partial charge is 0.353 e. The summed E-state index contributed by atoms with van der Waals surface area (Å²) in [5, 5.41) is 0.659. The highest BCUT2D eigenvalue weighted by Gasteiger charge is 1.93. The first-order valence-electron chi connectivity index (χ1n) is 3.28. The molecule has 0 bridgehead atoms. The zero-order valence-corrected chi connectivity index (χ0v) is 5.72. The summed E-state index contributed by atoms with van der Waals surface area (Å²) in [5.41, 5.74) is 0.690. The number of rotatable bonds is 0. The van der Waals surface area contributed by atoms with Crippen molar-refractivity contribution in [2.24, 2.45) is 0 Å². The third kappa shape index (κ3) is 0.923. The molecule has 2 radical (unpaired) electrons. The molecule has 1 N–H and O–H groups in total. The van der Waals surface area contributed by atoms with Crippen LogP contribution in [0.5, 0.6) is 0 Å². The molecule has 0 unspecified atom stereocenters. The van der Waals surface area contributed by atoms with Crippen molar-refractivity contribution < 1.29 is 0 Å². The van der Waals surface area contributed by atoms with E-state index >= 15 is 0 Å². The van der Waals surface area contributed by atoms with Crippen molar-refractivity contribution in [2.75, 3.05) is 0 Å². The topological polar surface area (TPSA) is 32.9 Å². The fourth-order valence-electron chi connectivity index (χ4n) is 1.01. The summed E-state index contributed by atoms with van der Waals surface area (Å²) >= 11 is 0. The fraction of sp³-hybridized carbons (Fsp3) is 0. The number of hydrogen-bond acceptors (Lipinski definition) is 1. The predicted molar refractivity (Wildman–Crippen MR) is 42.2 cm³/mol. The van der Waals surface area contributed by atoms with E-state index in [1.165, 1.54) is 0 Å². The second kappa shape index (κ2) is 2.23. The molecule has 0 fully saturated rings. The van der Waals surface area contributed by atoms with Gasteiger partial charge in [0.2, 0.25) is 0 Å². The zero-order valence-electron chi connectivity index (χ0n) is 5.72. The first-order valence-corrected chi connectivity index (χ1v) is 3.28. The monoisotopic (exact) mass is 143 g/mol. The van der Waals surface area contributed by atoms with Gasteiger partial charge >= 0.3 is 0 Å². The van der Waals surface area contributed by atoms with Gasteiger partial charge in [-0.05, 0) is 12.1 Å². The number of para-hydroxylation sites is 1. The third-order valence-electron chi connectivity index (χ3n) is 1.54. The minimum Gasteiger partial charge on any atom is -0.353 e. The van der Waals surface area contributed by atoms with Gasteiger partial charge in [-0.15, -0.1) is 0 Å². The summed E-state index contributed by atoms with van der Waals surface area (Å²) in [6.07, 6.45) is 2.54. The van der Waals surface area contributed by atoms with Crippen LogP contribution in [0.1, 0.15) is 0 Å². The minimum absolute atomic E-state index is 0.112. The summed E-state index contributed by atoms with van der Waals surface area (Å²) < 4.78 is 0. The molecule has 0 aliphatic carbocycles. The van der Waals surface area contributed by atoms with Gasteiger partial charge in [-0.3, -0.25) is 4.79 Å². The molecule has 2 nitrogen and oxygen atoms in total. The fourth-order valence-corrected chi connectivity index (χ4v) is 1.01. The molecule has 0 atom stereocenters. The van der Waals surface area contributed by atoms with Crippen LogP contribution in [0.25, 0.3) is 10.9 Å². The average molecular weight is 143 g/mol. The SMILES string of the molecule is O=c1[c][c][nH]c2ccccc12. The highest BCUT2D eigenvalue weighted by Crippen LogP contribution is 2.02. The molecule has 0 aliphatic heterocycles. The first kappa shape index (κ1) is 6.16. The molecular weight excluding hydrogens is 138 g/mol. The molecular formula is C9H5NO. The number of benzene rings is 1. The Bertz CT molecular complexity index is 425. The Morgan fingerprint density at radius 1 is 1.27 bits per heavy atom. The number of aromatic amines is 1. The van der Waals surface area contributed by atoms with Crippen molar-refractivity contribution in [2.45, 2.75) is 0 Å². The van der Waals surface area contributed by atoms with Crippen LogP contribution in [-0.2, 0) is 0 Å². The molecule has 0 aliphatic rings. The van der Waals surface area contributed by atoms with Crippen molar-refractivity contribution in [1.29, 1.82) is 0 Å². The lowest BCUT2D eigenvalue weighted by atomic mass is 10.2. The second-order valence-electron chi connectivity index (χ2n) is 2.25. The summed E-state index contributed by atoms with van der Waals surface area (Å²) in [5.74, 6) is 0. The lowest BCUT2D eigenvalue weighted by molar-refractivity contribution is 1.36. The molecule has 0 spiro atoms. The van der Waals surface area contributed by atoms with E-state index in [9.17, 15) is 4.79 Å². The van der Waals surface area contributed by atoms with E-state index in [0.717, 1.165) is 5.52 Å². The number of nitrogens with one attached hydrogen (secondary N) is 1. The quantitative estimate of drug-likeness (QED) is 0.589. The summed E-state index contributed by atoms with van der Waals surface area (Å²) in [7, 11) is 0. The van der Waals surface area contributed by atoms with E-state index < -0.39 is 0 Å². The van der Waals surface area contributed by atoms with Crippen LogP contribution >= 0.6 is 0 Å². The Kier molecular flexibility index (Phi) is 1.25. The Morgan fingerprint density at radius 2 is 2.09 bits per heavy atom. The molecule has 2 aromatic rings. The lowest BCUT2D eigenvalue weighted by Crippen LogP contribution is -1.99. The van der Waals surface area contributed by atoms with Gasteiger partial charge in [0.15, 0.2) is 5.43 Å². The van der Waals surface area contributed by atoms with Crippen molar-refractivity contribution in [3.05, 3.63) is 46.8 Å². The van der Waals surface area contributed by atoms with Gasteiger partial charge in [0, 0.05) is 10.9 Å². The Morgan fingerprint density at radius 3 is 2.91 bits per heavy atom. The number of fused-ring (bicyclic) bond motifs is 1. The zero-order chi connectivity index (χ0) is 7.68. The Balaban J connectivity index is 3.03. The summed E-state index contributed by atoms with van der Waals surface area (Å²) in [4.78, 5) is 13.9. The molecule has 0 amide bonds. The smallest absolute Gasteiger partial charge is 0.198 e. The van der Waals surface area contributed by atoms with Crippen molar-refractivity contribution in [3.8, 4) is 0 Å². The summed E-state index contributed by atoms with van der Waals surface area (Å²) in [6.45, 7) is 0. The number of H-pyrrole nitrogens is 1. The number of hydrogen-bond donors (Lipinski definition) is 1. The maximum absolute atomic E-state index is 11.1.